The van der Waals surface area contributed by atoms with E-state index in [1.807, 2.05) is 26.0 Å². The topological polar surface area (TPSA) is 38.7 Å². The maximum Gasteiger partial charge on any atom is 0.196 e. The summed E-state index contributed by atoms with van der Waals surface area (Å²) in [6.45, 7) is 13.5. The third kappa shape index (κ3) is 7.22. The van der Waals surface area contributed by atoms with E-state index in [0.717, 1.165) is 17.6 Å². The maximum atomic E-state index is 9.35. The second-order valence-corrected chi connectivity index (χ2v) is 9.32. The molecule has 186 valence electrons. The molecule has 3 heteroatoms. The van der Waals surface area contributed by atoms with Crippen molar-refractivity contribution >= 4 is 21.5 Å². The lowest BCUT2D eigenvalue weighted by Crippen LogP contribution is -2.15. The normalized spacial score (nSPS) is 13.7. The number of hydrogen-bond acceptors (Lipinski definition) is 3. The van der Waals surface area contributed by atoms with Gasteiger partial charge in [-0.3, -0.25) is 0 Å². The second kappa shape index (κ2) is 12.6. The zero-order valence-corrected chi connectivity index (χ0v) is 22.0. The quantitative estimate of drug-likeness (QED) is 0.260. The van der Waals surface area contributed by atoms with Crippen molar-refractivity contribution in [3.05, 3.63) is 83.9 Å². The molecular formula is C32H40O3. The molecular weight excluding hydrogens is 432 g/mol. The van der Waals surface area contributed by atoms with Crippen LogP contribution in [0.15, 0.2) is 72.8 Å². The van der Waals surface area contributed by atoms with E-state index in [-0.39, 0.29) is 6.29 Å². The second-order valence-electron chi connectivity index (χ2n) is 9.32. The Bertz CT molecular complexity index is 1230. The predicted molar refractivity (Wildman–Crippen MR) is 149 cm³/mol. The molecule has 0 fully saturated rings. The summed E-state index contributed by atoms with van der Waals surface area (Å²) in [5.41, 5.74) is 2.77. The summed E-state index contributed by atoms with van der Waals surface area (Å²) in [6, 6.07) is 24.8. The SMILES string of the molecule is CCC(C)c1ccc2cc(O)ccc2c1.CCOC(C)Oc1ccc2cc(C(C)CC)ccc2c1. The molecule has 0 bridgehead atoms. The number of phenolic OH excluding ortho intramolecular Hbond substituents is 1. The summed E-state index contributed by atoms with van der Waals surface area (Å²) < 4.78 is 11.1. The smallest absolute Gasteiger partial charge is 0.196 e. The highest BCUT2D eigenvalue weighted by atomic mass is 16.7. The Kier molecular flexibility index (Phi) is 9.56. The first-order valence-electron chi connectivity index (χ1n) is 12.9. The van der Waals surface area contributed by atoms with Crippen LogP contribution in [0.3, 0.4) is 0 Å². The summed E-state index contributed by atoms with van der Waals surface area (Å²) in [5.74, 6) is 2.39. The lowest BCUT2D eigenvalue weighted by molar-refractivity contribution is -0.0612. The molecule has 4 rings (SSSR count). The molecule has 0 radical (unpaired) electrons. The summed E-state index contributed by atoms with van der Waals surface area (Å²) in [6.07, 6.45) is 2.11. The molecule has 3 nitrogen and oxygen atoms in total. The number of fused-ring (bicyclic) bond motifs is 2. The molecule has 0 saturated heterocycles. The molecule has 0 spiro atoms. The largest absolute Gasteiger partial charge is 0.508 e. The average Bonchev–Trinajstić information content (AvgIpc) is 2.87. The number of phenols is 1. The first-order valence-corrected chi connectivity index (χ1v) is 12.9. The van der Waals surface area contributed by atoms with Crippen LogP contribution in [0, 0.1) is 0 Å². The van der Waals surface area contributed by atoms with Crippen LogP contribution in [-0.2, 0) is 4.74 Å². The number of aromatic hydroxyl groups is 1. The summed E-state index contributed by atoms with van der Waals surface area (Å²) in [4.78, 5) is 0. The lowest BCUT2D eigenvalue weighted by Gasteiger charge is -2.15. The van der Waals surface area contributed by atoms with E-state index in [0.29, 0.717) is 24.2 Å². The predicted octanol–water partition coefficient (Wildman–Crippen LogP) is 9.17. The molecule has 35 heavy (non-hydrogen) atoms. The van der Waals surface area contributed by atoms with E-state index < -0.39 is 0 Å². The molecule has 0 amide bonds. The van der Waals surface area contributed by atoms with E-state index in [2.05, 4.69) is 76.2 Å². The van der Waals surface area contributed by atoms with Crippen LogP contribution in [0.2, 0.25) is 0 Å². The van der Waals surface area contributed by atoms with Gasteiger partial charge in [0.25, 0.3) is 0 Å². The number of rotatable bonds is 8. The highest BCUT2D eigenvalue weighted by Crippen LogP contribution is 2.27. The van der Waals surface area contributed by atoms with Crippen molar-refractivity contribution in [3.63, 3.8) is 0 Å². The zero-order valence-electron chi connectivity index (χ0n) is 22.0. The Hall–Kier alpha value is -3.04. The van der Waals surface area contributed by atoms with E-state index in [1.165, 1.54) is 33.7 Å². The van der Waals surface area contributed by atoms with E-state index >= 15 is 0 Å². The highest BCUT2D eigenvalue weighted by Gasteiger charge is 2.07. The zero-order chi connectivity index (χ0) is 25.4. The van der Waals surface area contributed by atoms with Crippen LogP contribution in [0.5, 0.6) is 11.5 Å². The summed E-state index contributed by atoms with van der Waals surface area (Å²) in [5, 5.41) is 14.1. The minimum atomic E-state index is -0.211. The Morgan fingerprint density at radius 1 is 0.629 bits per heavy atom. The molecule has 0 heterocycles. The van der Waals surface area contributed by atoms with Gasteiger partial charge in [-0.25, -0.2) is 0 Å². The van der Waals surface area contributed by atoms with Crippen molar-refractivity contribution in [1.82, 2.24) is 0 Å². The Morgan fingerprint density at radius 2 is 1.11 bits per heavy atom. The standard InChI is InChI=1S/C18H24O2.C14H16O/c1-5-13(3)15-7-8-17-12-18(10-9-16(17)11-15)20-14(4)19-6-2;1-3-10(2)11-4-5-13-9-14(15)7-6-12(13)8-11/h7-14H,5-6H2,1-4H3;4-10,15H,3H2,1-2H3. The number of ether oxygens (including phenoxy) is 2. The van der Waals surface area contributed by atoms with Crippen LogP contribution in [0.4, 0.5) is 0 Å². The maximum absolute atomic E-state index is 9.35. The van der Waals surface area contributed by atoms with Crippen molar-refractivity contribution in [2.45, 2.75) is 72.5 Å². The van der Waals surface area contributed by atoms with Gasteiger partial charge in [0, 0.05) is 6.61 Å². The molecule has 3 unspecified atom stereocenters. The van der Waals surface area contributed by atoms with Crippen molar-refractivity contribution in [2.24, 2.45) is 0 Å². The minimum Gasteiger partial charge on any atom is -0.508 e. The molecule has 0 aliphatic heterocycles. The first-order chi connectivity index (χ1) is 16.8. The monoisotopic (exact) mass is 472 g/mol. The van der Waals surface area contributed by atoms with Crippen LogP contribution in [-0.4, -0.2) is 18.0 Å². The van der Waals surface area contributed by atoms with E-state index in [9.17, 15) is 5.11 Å². The third-order valence-corrected chi connectivity index (χ3v) is 6.75. The number of hydrogen-bond donors (Lipinski definition) is 1. The Labute approximate surface area is 210 Å². The molecule has 4 aromatic carbocycles. The molecule has 0 aliphatic carbocycles. The lowest BCUT2D eigenvalue weighted by atomic mass is 9.96. The van der Waals surface area contributed by atoms with Gasteiger partial charge in [-0.15, -0.1) is 0 Å². The first kappa shape index (κ1) is 26.6. The summed E-state index contributed by atoms with van der Waals surface area (Å²) in [7, 11) is 0. The molecule has 3 atom stereocenters. The molecule has 0 aliphatic rings. The van der Waals surface area contributed by atoms with Crippen LogP contribution in [0.25, 0.3) is 21.5 Å². The Balaban J connectivity index is 0.000000203. The van der Waals surface area contributed by atoms with Crippen LogP contribution in [0.1, 0.15) is 77.3 Å². The van der Waals surface area contributed by atoms with E-state index in [1.54, 1.807) is 12.1 Å². The van der Waals surface area contributed by atoms with Gasteiger partial charge in [0.15, 0.2) is 6.29 Å². The van der Waals surface area contributed by atoms with Gasteiger partial charge < -0.3 is 14.6 Å². The number of benzene rings is 4. The van der Waals surface area contributed by atoms with Crippen molar-refractivity contribution in [2.75, 3.05) is 6.61 Å². The van der Waals surface area contributed by atoms with Crippen LogP contribution < -0.4 is 4.74 Å². The van der Waals surface area contributed by atoms with Crippen molar-refractivity contribution in [3.8, 4) is 11.5 Å². The summed E-state index contributed by atoms with van der Waals surface area (Å²) >= 11 is 0. The minimum absolute atomic E-state index is 0.211. The van der Waals surface area contributed by atoms with Gasteiger partial charge in [0.1, 0.15) is 11.5 Å². The van der Waals surface area contributed by atoms with Gasteiger partial charge >= 0.3 is 0 Å². The Morgan fingerprint density at radius 3 is 1.66 bits per heavy atom. The molecule has 0 saturated carbocycles. The van der Waals surface area contributed by atoms with Gasteiger partial charge in [0.2, 0.25) is 0 Å². The van der Waals surface area contributed by atoms with Crippen LogP contribution >= 0.6 is 0 Å². The van der Waals surface area contributed by atoms with Gasteiger partial charge in [-0.1, -0.05) is 76.2 Å². The third-order valence-electron chi connectivity index (χ3n) is 6.75. The molecule has 1 N–H and O–H groups in total. The van der Waals surface area contributed by atoms with Gasteiger partial charge in [0.05, 0.1) is 0 Å². The van der Waals surface area contributed by atoms with Crippen molar-refractivity contribution in [1.29, 1.82) is 0 Å². The molecule has 4 aromatic rings. The van der Waals surface area contributed by atoms with Gasteiger partial charge in [-0.2, -0.15) is 0 Å². The van der Waals surface area contributed by atoms with E-state index in [4.69, 9.17) is 9.47 Å². The fraction of sp³-hybridized carbons (Fsp3) is 0.375. The highest BCUT2D eigenvalue weighted by molar-refractivity contribution is 5.85. The van der Waals surface area contributed by atoms with Crippen molar-refractivity contribution < 1.29 is 14.6 Å². The average molecular weight is 473 g/mol. The van der Waals surface area contributed by atoms with Gasteiger partial charge in [-0.05, 0) is 95.5 Å². The molecule has 0 aromatic heterocycles. The fourth-order valence-corrected chi connectivity index (χ4v) is 4.11. The fourth-order valence-electron chi connectivity index (χ4n) is 4.11.